The van der Waals surface area contributed by atoms with E-state index in [2.05, 4.69) is 0 Å². The molecule has 0 radical (unpaired) electrons. The Bertz CT molecular complexity index is 791. The number of nitrogens with one attached hydrogen (secondary N) is 1. The van der Waals surface area contributed by atoms with Crippen molar-refractivity contribution in [2.45, 2.75) is 12.5 Å². The fourth-order valence-corrected chi connectivity index (χ4v) is 2.56. The smallest absolute Gasteiger partial charge is 0.285 e. The molecule has 24 heavy (non-hydrogen) atoms. The quantitative estimate of drug-likeness (QED) is 0.383. The molecule has 1 atom stereocenters. The third-order valence-electron chi connectivity index (χ3n) is 3.71. The third-order valence-corrected chi connectivity index (χ3v) is 3.71. The predicted molar refractivity (Wildman–Crippen MR) is 81.5 cm³/mol. The Balaban J connectivity index is 1.92. The van der Waals surface area contributed by atoms with Crippen molar-refractivity contribution >= 4 is 17.7 Å². The maximum Gasteiger partial charge on any atom is 0.285 e. The highest BCUT2D eigenvalue weighted by Gasteiger charge is 2.43. The number of nitrogens with zero attached hydrogens (tertiary/aromatic N) is 1. The molecule has 7 nitrogen and oxygen atoms in total. The van der Waals surface area contributed by atoms with Gasteiger partial charge in [-0.05, 0) is 17.2 Å². The first-order valence-electron chi connectivity index (χ1n) is 7.21. The van der Waals surface area contributed by atoms with Crippen LogP contribution in [0.2, 0.25) is 0 Å². The van der Waals surface area contributed by atoms with E-state index >= 15 is 0 Å². The summed E-state index contributed by atoms with van der Waals surface area (Å²) in [5, 5.41) is 9.47. The molecule has 0 aromatic heterocycles. The standard InChI is InChI=1S/C17H14N2O5/c20-15(18-23)14-12-8-4-5-9-13(12)16(21)19(17(14)22)24-10-11-6-2-1-3-7-11/h1-9,14,23H,10H2,(H,18,20). The fourth-order valence-electron chi connectivity index (χ4n) is 2.56. The second kappa shape index (κ2) is 6.61. The molecule has 1 heterocycles. The summed E-state index contributed by atoms with van der Waals surface area (Å²) in [6.45, 7) is -0.00600. The first kappa shape index (κ1) is 15.9. The van der Waals surface area contributed by atoms with Crippen molar-refractivity contribution in [2.24, 2.45) is 0 Å². The molecule has 3 rings (SSSR count). The van der Waals surface area contributed by atoms with Gasteiger partial charge in [0.1, 0.15) is 12.5 Å². The molecule has 2 aromatic carbocycles. The zero-order chi connectivity index (χ0) is 17.1. The summed E-state index contributed by atoms with van der Waals surface area (Å²) in [4.78, 5) is 42.3. The largest absolute Gasteiger partial charge is 0.289 e. The van der Waals surface area contributed by atoms with Gasteiger partial charge in [0, 0.05) is 5.56 Å². The Kier molecular flexibility index (Phi) is 4.37. The summed E-state index contributed by atoms with van der Waals surface area (Å²) in [5.41, 5.74) is 2.64. The lowest BCUT2D eigenvalue weighted by molar-refractivity contribution is -0.178. The number of amides is 3. The van der Waals surface area contributed by atoms with E-state index in [1.165, 1.54) is 17.6 Å². The predicted octanol–water partition coefficient (Wildman–Crippen LogP) is 1.39. The molecular weight excluding hydrogens is 312 g/mol. The van der Waals surface area contributed by atoms with Crippen molar-refractivity contribution in [3.63, 3.8) is 0 Å². The Hall–Kier alpha value is -3.03. The van der Waals surface area contributed by atoms with E-state index in [0.29, 0.717) is 5.06 Å². The van der Waals surface area contributed by atoms with Gasteiger partial charge in [0.2, 0.25) is 0 Å². The van der Waals surface area contributed by atoms with Crippen LogP contribution in [0.1, 0.15) is 27.4 Å². The van der Waals surface area contributed by atoms with E-state index in [1.54, 1.807) is 36.4 Å². The van der Waals surface area contributed by atoms with Crippen molar-refractivity contribution in [3.8, 4) is 0 Å². The van der Waals surface area contributed by atoms with Crippen LogP contribution in [0, 0.1) is 0 Å². The minimum absolute atomic E-state index is 0.00600. The normalized spacial score (nSPS) is 16.7. The maximum absolute atomic E-state index is 12.5. The fraction of sp³-hybridized carbons (Fsp3) is 0.118. The van der Waals surface area contributed by atoms with Crippen molar-refractivity contribution < 1.29 is 24.4 Å². The summed E-state index contributed by atoms with van der Waals surface area (Å²) >= 11 is 0. The summed E-state index contributed by atoms with van der Waals surface area (Å²) in [5.74, 6) is -3.76. The van der Waals surface area contributed by atoms with Gasteiger partial charge in [-0.3, -0.25) is 24.4 Å². The molecule has 0 saturated carbocycles. The summed E-state index contributed by atoms with van der Waals surface area (Å²) in [6.07, 6.45) is 0. The van der Waals surface area contributed by atoms with Gasteiger partial charge in [0.05, 0.1) is 0 Å². The number of hydroxylamine groups is 3. The molecule has 1 unspecified atom stereocenters. The van der Waals surface area contributed by atoms with E-state index in [-0.39, 0.29) is 17.7 Å². The molecule has 0 saturated heterocycles. The lowest BCUT2D eigenvalue weighted by atomic mass is 9.89. The molecule has 7 heteroatoms. The van der Waals surface area contributed by atoms with Gasteiger partial charge in [-0.25, -0.2) is 5.48 Å². The van der Waals surface area contributed by atoms with Crippen molar-refractivity contribution in [2.75, 3.05) is 0 Å². The van der Waals surface area contributed by atoms with Crippen molar-refractivity contribution in [3.05, 3.63) is 71.3 Å². The zero-order valence-corrected chi connectivity index (χ0v) is 12.5. The van der Waals surface area contributed by atoms with E-state index < -0.39 is 23.6 Å². The number of hydrogen-bond donors (Lipinski definition) is 2. The van der Waals surface area contributed by atoms with Crippen LogP contribution in [-0.4, -0.2) is 28.0 Å². The highest BCUT2D eigenvalue weighted by molar-refractivity contribution is 6.18. The third kappa shape index (κ3) is 2.78. The van der Waals surface area contributed by atoms with Crippen molar-refractivity contribution in [1.82, 2.24) is 10.5 Å². The minimum atomic E-state index is -1.35. The molecule has 2 aromatic rings. The Morgan fingerprint density at radius 3 is 2.46 bits per heavy atom. The molecule has 1 aliphatic heterocycles. The minimum Gasteiger partial charge on any atom is -0.289 e. The van der Waals surface area contributed by atoms with Gasteiger partial charge in [-0.15, -0.1) is 5.06 Å². The maximum atomic E-state index is 12.5. The van der Waals surface area contributed by atoms with Crippen LogP contribution in [0.15, 0.2) is 54.6 Å². The molecular formula is C17H14N2O5. The molecule has 0 spiro atoms. The van der Waals surface area contributed by atoms with Gasteiger partial charge in [0.25, 0.3) is 17.7 Å². The Morgan fingerprint density at radius 2 is 1.75 bits per heavy atom. The molecule has 0 bridgehead atoms. The van der Waals surface area contributed by atoms with Crippen LogP contribution in [0.5, 0.6) is 0 Å². The van der Waals surface area contributed by atoms with E-state index in [4.69, 9.17) is 10.0 Å². The first-order chi connectivity index (χ1) is 11.6. The first-order valence-corrected chi connectivity index (χ1v) is 7.21. The van der Waals surface area contributed by atoms with Crippen LogP contribution in [0.3, 0.4) is 0 Å². The van der Waals surface area contributed by atoms with Gasteiger partial charge in [-0.2, -0.15) is 0 Å². The second-order valence-electron chi connectivity index (χ2n) is 5.19. The van der Waals surface area contributed by atoms with Crippen LogP contribution in [0.25, 0.3) is 0 Å². The van der Waals surface area contributed by atoms with Crippen molar-refractivity contribution in [1.29, 1.82) is 0 Å². The molecule has 122 valence electrons. The average Bonchev–Trinajstić information content (AvgIpc) is 2.62. The highest BCUT2D eigenvalue weighted by Crippen LogP contribution is 2.30. The average molecular weight is 326 g/mol. The number of fused-ring (bicyclic) bond motifs is 1. The Labute approximate surface area is 137 Å². The van der Waals surface area contributed by atoms with Crippen LogP contribution < -0.4 is 5.48 Å². The lowest BCUT2D eigenvalue weighted by Crippen LogP contribution is -2.48. The number of carbonyl (C=O) groups is 3. The van der Waals surface area contributed by atoms with Crippen LogP contribution >= 0.6 is 0 Å². The Morgan fingerprint density at radius 1 is 1.08 bits per heavy atom. The number of rotatable bonds is 4. The monoisotopic (exact) mass is 326 g/mol. The molecule has 0 fully saturated rings. The molecule has 1 aliphatic rings. The van der Waals surface area contributed by atoms with Crippen LogP contribution in [0.4, 0.5) is 0 Å². The van der Waals surface area contributed by atoms with Gasteiger partial charge < -0.3 is 0 Å². The highest BCUT2D eigenvalue weighted by atomic mass is 16.7. The molecule has 0 aliphatic carbocycles. The van der Waals surface area contributed by atoms with Gasteiger partial charge in [0.15, 0.2) is 0 Å². The second-order valence-corrected chi connectivity index (χ2v) is 5.19. The topological polar surface area (TPSA) is 95.9 Å². The lowest BCUT2D eigenvalue weighted by Gasteiger charge is -2.30. The number of hydrogen-bond acceptors (Lipinski definition) is 5. The van der Waals surface area contributed by atoms with E-state index in [0.717, 1.165) is 5.56 Å². The zero-order valence-electron chi connectivity index (χ0n) is 12.5. The summed E-state index contributed by atoms with van der Waals surface area (Å²) in [7, 11) is 0. The van der Waals surface area contributed by atoms with Crippen LogP contribution in [-0.2, 0) is 21.0 Å². The van der Waals surface area contributed by atoms with Gasteiger partial charge >= 0.3 is 0 Å². The summed E-state index contributed by atoms with van der Waals surface area (Å²) in [6, 6.07) is 15.2. The van der Waals surface area contributed by atoms with E-state index in [9.17, 15) is 14.4 Å². The number of imide groups is 1. The number of carbonyl (C=O) groups excluding carboxylic acids is 3. The number of benzene rings is 2. The summed E-state index contributed by atoms with van der Waals surface area (Å²) < 4.78 is 0. The molecule has 2 N–H and O–H groups in total. The SMILES string of the molecule is O=C(NO)C1C(=O)N(OCc2ccccc2)C(=O)c2ccccc21. The van der Waals surface area contributed by atoms with Gasteiger partial charge in [-0.1, -0.05) is 48.5 Å². The van der Waals surface area contributed by atoms with E-state index in [1.807, 2.05) is 6.07 Å². The molecule has 3 amide bonds.